The first kappa shape index (κ1) is 7.50. The van der Waals surface area contributed by atoms with Crippen LogP contribution >= 0.6 is 0 Å². The van der Waals surface area contributed by atoms with Crippen LogP contribution in [0.4, 0.5) is 0 Å². The first-order valence-electron chi connectivity index (χ1n) is 3.94. The van der Waals surface area contributed by atoms with Crippen molar-refractivity contribution in [1.29, 1.82) is 0 Å². The molecule has 0 aromatic rings. The van der Waals surface area contributed by atoms with Crippen LogP contribution in [0, 0.1) is 5.92 Å². The van der Waals surface area contributed by atoms with E-state index in [1.807, 2.05) is 0 Å². The predicted molar refractivity (Wildman–Crippen MR) is 47.9 cm³/mol. The van der Waals surface area contributed by atoms with E-state index in [4.69, 9.17) is 0 Å². The SMILES string of the molecule is CC1C[SiH](C)N[SiH](C)C1. The Kier molecular flexibility index (Phi) is 2.49. The summed E-state index contributed by atoms with van der Waals surface area (Å²) in [4.78, 5) is 0. The fraction of sp³-hybridized carbons (Fsp3) is 1.00. The van der Waals surface area contributed by atoms with E-state index < -0.39 is 17.9 Å². The van der Waals surface area contributed by atoms with Crippen molar-refractivity contribution in [3.8, 4) is 0 Å². The van der Waals surface area contributed by atoms with Gasteiger partial charge in [-0.3, -0.25) is 0 Å². The second-order valence-corrected chi connectivity index (χ2v) is 9.43. The van der Waals surface area contributed by atoms with Gasteiger partial charge in [0.2, 0.25) is 0 Å². The van der Waals surface area contributed by atoms with Gasteiger partial charge in [-0.25, -0.2) is 0 Å². The molecule has 9 heavy (non-hydrogen) atoms. The average molecular weight is 159 g/mol. The highest BCUT2D eigenvalue weighted by Gasteiger charge is 2.21. The summed E-state index contributed by atoms with van der Waals surface area (Å²) in [6, 6.07) is 3.05. The maximum absolute atomic E-state index is 3.79. The third kappa shape index (κ3) is 2.23. The standard InChI is InChI=1S/C6H17NSi2/c1-6-4-8(2)7-9(3)5-6/h6-9H,4-5H2,1-3H3. The van der Waals surface area contributed by atoms with Crippen LogP contribution in [0.3, 0.4) is 0 Å². The second-order valence-electron chi connectivity index (χ2n) is 3.55. The van der Waals surface area contributed by atoms with E-state index in [2.05, 4.69) is 24.7 Å². The molecule has 1 fully saturated rings. The maximum atomic E-state index is 3.79. The summed E-state index contributed by atoms with van der Waals surface area (Å²) in [5, 5.41) is 0. The van der Waals surface area contributed by atoms with Crippen LogP contribution in [0.5, 0.6) is 0 Å². The summed E-state index contributed by atoms with van der Waals surface area (Å²) in [7, 11) is -0.797. The minimum absolute atomic E-state index is 0.399. The van der Waals surface area contributed by atoms with E-state index in [0.29, 0.717) is 0 Å². The van der Waals surface area contributed by atoms with E-state index in [0.717, 1.165) is 5.92 Å². The zero-order valence-corrected chi connectivity index (χ0v) is 8.96. The fourth-order valence-electron chi connectivity index (χ4n) is 1.93. The van der Waals surface area contributed by atoms with Gasteiger partial charge in [-0.05, 0) is 18.0 Å². The van der Waals surface area contributed by atoms with E-state index in [1.54, 1.807) is 0 Å². The molecule has 0 bridgehead atoms. The van der Waals surface area contributed by atoms with Gasteiger partial charge in [0.15, 0.2) is 0 Å². The number of hydrogen-bond donors (Lipinski definition) is 1. The molecule has 0 spiro atoms. The topological polar surface area (TPSA) is 12.0 Å². The smallest absolute Gasteiger partial charge is 0.0988 e. The molecule has 0 saturated carbocycles. The van der Waals surface area contributed by atoms with Crippen molar-refractivity contribution in [3.05, 3.63) is 0 Å². The molecule has 0 radical (unpaired) electrons. The largest absolute Gasteiger partial charge is 0.364 e. The van der Waals surface area contributed by atoms with Gasteiger partial charge in [0, 0.05) is 0 Å². The van der Waals surface area contributed by atoms with Gasteiger partial charge in [0.05, 0.1) is 17.9 Å². The van der Waals surface area contributed by atoms with Crippen molar-refractivity contribution in [2.75, 3.05) is 0 Å². The highest BCUT2D eigenvalue weighted by atomic mass is 28.3. The van der Waals surface area contributed by atoms with Crippen LogP contribution in [0.1, 0.15) is 6.92 Å². The van der Waals surface area contributed by atoms with Crippen molar-refractivity contribution in [2.45, 2.75) is 32.1 Å². The summed E-state index contributed by atoms with van der Waals surface area (Å²) < 4.78 is 3.79. The summed E-state index contributed by atoms with van der Waals surface area (Å²) in [6.45, 7) is 7.30. The number of nitrogens with one attached hydrogen (secondary N) is 1. The Morgan fingerprint density at radius 3 is 2.00 bits per heavy atom. The summed E-state index contributed by atoms with van der Waals surface area (Å²) in [5.41, 5.74) is 0. The molecule has 1 saturated heterocycles. The lowest BCUT2D eigenvalue weighted by Crippen LogP contribution is -2.47. The first-order chi connectivity index (χ1) is 4.18. The van der Waals surface area contributed by atoms with Crippen molar-refractivity contribution in [2.24, 2.45) is 5.92 Å². The molecule has 0 aliphatic carbocycles. The molecule has 1 rings (SSSR count). The Labute approximate surface area is 61.2 Å². The zero-order chi connectivity index (χ0) is 6.85. The second kappa shape index (κ2) is 2.99. The molecule has 0 aromatic carbocycles. The van der Waals surface area contributed by atoms with Crippen LogP contribution in [0.2, 0.25) is 25.2 Å². The van der Waals surface area contributed by atoms with E-state index in [9.17, 15) is 0 Å². The summed E-state index contributed by atoms with van der Waals surface area (Å²) in [5.74, 6) is 1.05. The minimum atomic E-state index is -0.399. The van der Waals surface area contributed by atoms with E-state index in [1.165, 1.54) is 12.1 Å². The Balaban J connectivity index is 2.34. The van der Waals surface area contributed by atoms with Crippen LogP contribution < -0.4 is 4.65 Å². The highest BCUT2D eigenvalue weighted by Crippen LogP contribution is 2.17. The Hall–Kier alpha value is 0.394. The molecule has 1 aliphatic rings. The first-order valence-corrected chi connectivity index (χ1v) is 9.04. The zero-order valence-electron chi connectivity index (χ0n) is 6.65. The van der Waals surface area contributed by atoms with Gasteiger partial charge in [-0.15, -0.1) is 0 Å². The van der Waals surface area contributed by atoms with Gasteiger partial charge in [-0.2, -0.15) is 0 Å². The van der Waals surface area contributed by atoms with Gasteiger partial charge in [0.25, 0.3) is 0 Å². The third-order valence-corrected chi connectivity index (χ3v) is 9.66. The van der Waals surface area contributed by atoms with E-state index >= 15 is 0 Å². The van der Waals surface area contributed by atoms with Crippen LogP contribution in [-0.2, 0) is 0 Å². The molecule has 1 N–H and O–H groups in total. The number of hydrogen-bond acceptors (Lipinski definition) is 1. The van der Waals surface area contributed by atoms with Crippen LogP contribution in [-0.4, -0.2) is 17.9 Å². The quantitative estimate of drug-likeness (QED) is 0.519. The Morgan fingerprint density at radius 2 is 1.67 bits per heavy atom. The lowest BCUT2D eigenvalue weighted by atomic mass is 10.3. The molecular weight excluding hydrogens is 142 g/mol. The molecule has 0 amide bonds. The summed E-state index contributed by atoms with van der Waals surface area (Å²) in [6.07, 6.45) is 0. The molecular formula is C6H17NSi2. The monoisotopic (exact) mass is 159 g/mol. The Morgan fingerprint density at radius 1 is 1.22 bits per heavy atom. The number of rotatable bonds is 0. The van der Waals surface area contributed by atoms with Gasteiger partial charge in [-0.1, -0.05) is 20.0 Å². The molecule has 0 aromatic heterocycles. The molecule has 2 atom stereocenters. The van der Waals surface area contributed by atoms with Crippen LogP contribution in [0.15, 0.2) is 0 Å². The van der Waals surface area contributed by atoms with E-state index in [-0.39, 0.29) is 0 Å². The van der Waals surface area contributed by atoms with Crippen molar-refractivity contribution in [3.63, 3.8) is 0 Å². The van der Waals surface area contributed by atoms with Gasteiger partial charge >= 0.3 is 0 Å². The lowest BCUT2D eigenvalue weighted by Gasteiger charge is -2.28. The Bertz CT molecular complexity index is 72.0. The van der Waals surface area contributed by atoms with Gasteiger partial charge in [0.1, 0.15) is 0 Å². The van der Waals surface area contributed by atoms with Crippen LogP contribution in [0.25, 0.3) is 0 Å². The van der Waals surface area contributed by atoms with Crippen molar-refractivity contribution < 1.29 is 0 Å². The molecule has 1 heterocycles. The van der Waals surface area contributed by atoms with Crippen molar-refractivity contribution >= 4 is 17.9 Å². The molecule has 2 unspecified atom stereocenters. The lowest BCUT2D eigenvalue weighted by molar-refractivity contribution is 0.696. The highest BCUT2D eigenvalue weighted by molar-refractivity contribution is 6.73. The third-order valence-electron chi connectivity index (χ3n) is 2.08. The minimum Gasteiger partial charge on any atom is -0.364 e. The molecule has 1 aliphatic heterocycles. The normalized spacial score (nSPS) is 45.0. The predicted octanol–water partition coefficient (Wildman–Crippen LogP) is 0.933. The molecule has 54 valence electrons. The average Bonchev–Trinajstić information content (AvgIpc) is 1.59. The molecule has 1 nitrogen and oxygen atoms in total. The maximum Gasteiger partial charge on any atom is 0.0988 e. The summed E-state index contributed by atoms with van der Waals surface area (Å²) >= 11 is 0. The van der Waals surface area contributed by atoms with Crippen molar-refractivity contribution in [1.82, 2.24) is 4.65 Å². The fourth-order valence-corrected chi connectivity index (χ4v) is 10.1. The molecule has 3 heteroatoms. The van der Waals surface area contributed by atoms with Gasteiger partial charge < -0.3 is 4.65 Å².